The molecular weight excluding hydrogens is 244 g/mol. The Labute approximate surface area is 111 Å². The standard InChI is InChI=1S/C13H16N4O2/c1-9-7-11(18-2)17-13(16-9)15-8-10-5-4-6-14-12(10)19-3/h4-7H,8H2,1-3H3,(H,15,16,17). The van der Waals surface area contributed by atoms with Crippen LogP contribution in [0.25, 0.3) is 0 Å². The SMILES string of the molecule is COc1cc(C)nc(NCc2cccnc2OC)n1. The first-order valence-electron chi connectivity index (χ1n) is 5.84. The largest absolute Gasteiger partial charge is 0.481 e. The number of nitrogens with zero attached hydrogens (tertiary/aromatic N) is 3. The van der Waals surface area contributed by atoms with Crippen LogP contribution in [0.5, 0.6) is 11.8 Å². The molecular formula is C13H16N4O2. The zero-order chi connectivity index (χ0) is 13.7. The van der Waals surface area contributed by atoms with Crippen LogP contribution in [0.1, 0.15) is 11.3 Å². The van der Waals surface area contributed by atoms with E-state index in [9.17, 15) is 0 Å². The fourth-order valence-electron chi connectivity index (χ4n) is 1.64. The van der Waals surface area contributed by atoms with Gasteiger partial charge in [-0.05, 0) is 13.0 Å². The van der Waals surface area contributed by atoms with Crippen molar-refractivity contribution in [2.24, 2.45) is 0 Å². The maximum Gasteiger partial charge on any atom is 0.226 e. The predicted molar refractivity (Wildman–Crippen MR) is 71.4 cm³/mol. The van der Waals surface area contributed by atoms with Gasteiger partial charge in [0.2, 0.25) is 17.7 Å². The van der Waals surface area contributed by atoms with Gasteiger partial charge < -0.3 is 14.8 Å². The molecule has 2 aromatic heterocycles. The second kappa shape index (κ2) is 5.99. The number of methoxy groups -OCH3 is 2. The Balaban J connectivity index is 2.12. The molecule has 0 aliphatic rings. The average Bonchev–Trinajstić information content (AvgIpc) is 2.44. The summed E-state index contributed by atoms with van der Waals surface area (Å²) < 4.78 is 10.3. The third-order valence-electron chi connectivity index (χ3n) is 2.52. The summed E-state index contributed by atoms with van der Waals surface area (Å²) in [6.45, 7) is 2.42. The van der Waals surface area contributed by atoms with Crippen LogP contribution in [0.4, 0.5) is 5.95 Å². The van der Waals surface area contributed by atoms with Crippen molar-refractivity contribution in [2.75, 3.05) is 19.5 Å². The average molecular weight is 260 g/mol. The number of ether oxygens (including phenoxy) is 2. The lowest BCUT2D eigenvalue weighted by molar-refractivity contribution is 0.393. The van der Waals surface area contributed by atoms with Crippen LogP contribution in [0.2, 0.25) is 0 Å². The molecule has 0 fully saturated rings. The summed E-state index contributed by atoms with van der Waals surface area (Å²) in [6, 6.07) is 5.57. The number of hydrogen-bond acceptors (Lipinski definition) is 6. The molecule has 100 valence electrons. The first-order chi connectivity index (χ1) is 9.22. The van der Waals surface area contributed by atoms with Crippen LogP contribution in [-0.2, 0) is 6.54 Å². The molecule has 0 radical (unpaired) electrons. The van der Waals surface area contributed by atoms with Crippen molar-refractivity contribution in [3.63, 3.8) is 0 Å². The van der Waals surface area contributed by atoms with Gasteiger partial charge in [-0.15, -0.1) is 0 Å². The van der Waals surface area contributed by atoms with Crippen molar-refractivity contribution in [2.45, 2.75) is 13.5 Å². The van der Waals surface area contributed by atoms with E-state index in [4.69, 9.17) is 9.47 Å². The molecule has 0 saturated heterocycles. The summed E-state index contributed by atoms with van der Waals surface area (Å²) in [7, 11) is 3.17. The predicted octanol–water partition coefficient (Wildman–Crippen LogP) is 1.81. The minimum absolute atomic E-state index is 0.516. The van der Waals surface area contributed by atoms with Gasteiger partial charge in [0.25, 0.3) is 0 Å². The summed E-state index contributed by atoms with van der Waals surface area (Å²) in [4.78, 5) is 12.6. The van der Waals surface area contributed by atoms with Crippen LogP contribution in [-0.4, -0.2) is 29.2 Å². The van der Waals surface area contributed by atoms with Crippen LogP contribution in [0, 0.1) is 6.92 Å². The molecule has 0 spiro atoms. The lowest BCUT2D eigenvalue weighted by Crippen LogP contribution is -2.07. The van der Waals surface area contributed by atoms with E-state index in [1.807, 2.05) is 19.1 Å². The zero-order valence-electron chi connectivity index (χ0n) is 11.2. The molecule has 0 atom stereocenters. The van der Waals surface area contributed by atoms with Gasteiger partial charge in [0.05, 0.1) is 14.2 Å². The van der Waals surface area contributed by atoms with Crippen LogP contribution in [0.15, 0.2) is 24.4 Å². The summed E-state index contributed by atoms with van der Waals surface area (Å²) >= 11 is 0. The highest BCUT2D eigenvalue weighted by atomic mass is 16.5. The van der Waals surface area contributed by atoms with Gasteiger partial charge in [-0.3, -0.25) is 0 Å². The molecule has 0 aliphatic heterocycles. The third-order valence-corrected chi connectivity index (χ3v) is 2.52. The second-order valence-corrected chi connectivity index (χ2v) is 3.90. The first-order valence-corrected chi connectivity index (χ1v) is 5.84. The van der Waals surface area contributed by atoms with Crippen LogP contribution >= 0.6 is 0 Å². The minimum Gasteiger partial charge on any atom is -0.481 e. The number of nitrogens with one attached hydrogen (secondary N) is 1. The van der Waals surface area contributed by atoms with E-state index in [2.05, 4.69) is 20.3 Å². The first kappa shape index (κ1) is 13.1. The summed E-state index contributed by atoms with van der Waals surface area (Å²) in [5.41, 5.74) is 1.78. The molecule has 2 rings (SSSR count). The number of rotatable bonds is 5. The maximum absolute atomic E-state index is 5.19. The quantitative estimate of drug-likeness (QED) is 0.884. The third kappa shape index (κ3) is 3.31. The van der Waals surface area contributed by atoms with Crippen molar-refractivity contribution in [3.8, 4) is 11.8 Å². The van der Waals surface area contributed by atoms with E-state index in [1.54, 1.807) is 26.5 Å². The molecule has 0 unspecified atom stereocenters. The van der Waals surface area contributed by atoms with Crippen molar-refractivity contribution >= 4 is 5.95 Å². The fourth-order valence-corrected chi connectivity index (χ4v) is 1.64. The van der Waals surface area contributed by atoms with Crippen molar-refractivity contribution in [1.29, 1.82) is 0 Å². The Morgan fingerprint density at radius 2 is 2.05 bits per heavy atom. The number of anilines is 1. The second-order valence-electron chi connectivity index (χ2n) is 3.90. The van der Waals surface area contributed by atoms with E-state index in [0.29, 0.717) is 24.3 Å². The van der Waals surface area contributed by atoms with Gasteiger partial charge in [0.15, 0.2) is 0 Å². The van der Waals surface area contributed by atoms with Crippen molar-refractivity contribution in [3.05, 3.63) is 35.7 Å². The Morgan fingerprint density at radius 3 is 2.79 bits per heavy atom. The van der Waals surface area contributed by atoms with E-state index in [1.165, 1.54) is 0 Å². The number of aromatic nitrogens is 3. The summed E-state index contributed by atoms with van der Waals surface area (Å²) in [5.74, 6) is 1.64. The van der Waals surface area contributed by atoms with Crippen molar-refractivity contribution < 1.29 is 9.47 Å². The van der Waals surface area contributed by atoms with Crippen molar-refractivity contribution in [1.82, 2.24) is 15.0 Å². The number of aryl methyl sites for hydroxylation is 1. The minimum atomic E-state index is 0.516. The Hall–Kier alpha value is -2.37. The van der Waals surface area contributed by atoms with E-state index in [0.717, 1.165) is 11.3 Å². The molecule has 0 aliphatic carbocycles. The van der Waals surface area contributed by atoms with E-state index >= 15 is 0 Å². The van der Waals surface area contributed by atoms with Gasteiger partial charge in [-0.1, -0.05) is 6.07 Å². The molecule has 6 nitrogen and oxygen atoms in total. The smallest absolute Gasteiger partial charge is 0.226 e. The van der Waals surface area contributed by atoms with Crippen LogP contribution < -0.4 is 14.8 Å². The van der Waals surface area contributed by atoms with Gasteiger partial charge >= 0.3 is 0 Å². The molecule has 1 N–H and O–H groups in total. The topological polar surface area (TPSA) is 69.2 Å². The van der Waals surface area contributed by atoms with Gasteiger partial charge in [0.1, 0.15) is 0 Å². The monoisotopic (exact) mass is 260 g/mol. The summed E-state index contributed by atoms with van der Waals surface area (Å²) in [5, 5.41) is 3.13. The Bertz CT molecular complexity index is 560. The van der Waals surface area contributed by atoms with E-state index in [-0.39, 0.29) is 0 Å². The summed E-state index contributed by atoms with van der Waals surface area (Å²) in [6.07, 6.45) is 1.69. The number of pyridine rings is 1. The Morgan fingerprint density at radius 1 is 1.21 bits per heavy atom. The maximum atomic E-state index is 5.19. The number of hydrogen-bond donors (Lipinski definition) is 1. The fraction of sp³-hybridized carbons (Fsp3) is 0.308. The van der Waals surface area contributed by atoms with Crippen LogP contribution in [0.3, 0.4) is 0 Å². The molecule has 2 heterocycles. The molecule has 0 saturated carbocycles. The van der Waals surface area contributed by atoms with Gasteiger partial charge in [-0.2, -0.15) is 4.98 Å². The van der Waals surface area contributed by atoms with Gasteiger partial charge in [-0.25, -0.2) is 9.97 Å². The lowest BCUT2D eigenvalue weighted by atomic mass is 10.3. The highest BCUT2D eigenvalue weighted by Crippen LogP contribution is 2.16. The molecule has 0 bridgehead atoms. The van der Waals surface area contributed by atoms with Gasteiger partial charge in [0, 0.05) is 30.1 Å². The molecule has 2 aromatic rings. The molecule has 6 heteroatoms. The lowest BCUT2D eigenvalue weighted by Gasteiger charge is -2.09. The molecule has 0 aromatic carbocycles. The normalized spacial score (nSPS) is 10.1. The highest BCUT2D eigenvalue weighted by Gasteiger charge is 2.05. The highest BCUT2D eigenvalue weighted by molar-refractivity contribution is 5.34. The molecule has 0 amide bonds. The Kier molecular flexibility index (Phi) is 4.12. The van der Waals surface area contributed by atoms with E-state index < -0.39 is 0 Å². The molecule has 19 heavy (non-hydrogen) atoms. The zero-order valence-corrected chi connectivity index (χ0v) is 11.2.